The van der Waals surface area contributed by atoms with Gasteiger partial charge in [0, 0.05) is 25.2 Å². The van der Waals surface area contributed by atoms with Crippen LogP contribution in [0.5, 0.6) is 0 Å². The number of hydrogen-bond donors (Lipinski definition) is 2. The number of nitrogens with zero attached hydrogens (tertiary/aromatic N) is 2. The highest BCUT2D eigenvalue weighted by Gasteiger charge is 2.20. The zero-order valence-corrected chi connectivity index (χ0v) is 13.9. The van der Waals surface area contributed by atoms with Crippen molar-refractivity contribution in [1.82, 2.24) is 14.9 Å². The average Bonchev–Trinajstić information content (AvgIpc) is 2.73. The van der Waals surface area contributed by atoms with Crippen LogP contribution in [0.25, 0.3) is 11.0 Å². The Balaban J connectivity index is 2.16. The summed E-state index contributed by atoms with van der Waals surface area (Å²) < 4.78 is 2.10. The van der Waals surface area contributed by atoms with Crippen LogP contribution >= 0.6 is 11.6 Å². The Bertz CT molecular complexity index is 621. The van der Waals surface area contributed by atoms with Gasteiger partial charge in [-0.25, -0.2) is 4.98 Å². The molecule has 0 saturated carbocycles. The number of aliphatic hydroxyl groups excluding tert-OH is 1. The normalized spacial score (nSPS) is 13.8. The molecule has 0 aliphatic rings. The molecule has 21 heavy (non-hydrogen) atoms. The van der Waals surface area contributed by atoms with Gasteiger partial charge in [0.2, 0.25) is 0 Å². The SMILES string of the molecule is CC(NCC(C)(C)CCO)c1nc2cc(Cl)ccc2n1C. The molecule has 1 aromatic heterocycles. The van der Waals surface area contributed by atoms with Crippen molar-refractivity contribution in [3.8, 4) is 0 Å². The van der Waals surface area contributed by atoms with E-state index in [0.29, 0.717) is 5.02 Å². The molecule has 2 N–H and O–H groups in total. The van der Waals surface area contributed by atoms with Gasteiger partial charge in [-0.15, -0.1) is 0 Å². The molecule has 1 aromatic carbocycles. The van der Waals surface area contributed by atoms with Crippen molar-refractivity contribution in [2.45, 2.75) is 33.2 Å². The maximum atomic E-state index is 9.09. The average molecular weight is 310 g/mol. The third-order valence-corrected chi connectivity index (χ3v) is 4.18. The van der Waals surface area contributed by atoms with E-state index in [-0.39, 0.29) is 18.1 Å². The molecule has 1 atom stereocenters. The fourth-order valence-electron chi connectivity index (χ4n) is 2.49. The molecule has 116 valence electrons. The summed E-state index contributed by atoms with van der Waals surface area (Å²) in [6.45, 7) is 7.46. The number of imidazole rings is 1. The van der Waals surface area contributed by atoms with Crippen LogP contribution in [0.15, 0.2) is 18.2 Å². The monoisotopic (exact) mass is 309 g/mol. The van der Waals surface area contributed by atoms with E-state index in [1.54, 1.807) is 0 Å². The summed E-state index contributed by atoms with van der Waals surface area (Å²) in [6.07, 6.45) is 0.783. The predicted octanol–water partition coefficient (Wildman–Crippen LogP) is 3.29. The van der Waals surface area contributed by atoms with Gasteiger partial charge in [0.25, 0.3) is 0 Å². The van der Waals surface area contributed by atoms with Crippen LogP contribution in [0.3, 0.4) is 0 Å². The highest BCUT2D eigenvalue weighted by molar-refractivity contribution is 6.31. The Labute approximate surface area is 131 Å². The van der Waals surface area contributed by atoms with Gasteiger partial charge in [0.1, 0.15) is 5.82 Å². The second-order valence-electron chi connectivity index (χ2n) is 6.40. The van der Waals surface area contributed by atoms with Gasteiger partial charge in [0.05, 0.1) is 17.1 Å². The van der Waals surface area contributed by atoms with Crippen molar-refractivity contribution >= 4 is 22.6 Å². The first-order valence-corrected chi connectivity index (χ1v) is 7.68. The molecule has 0 radical (unpaired) electrons. The summed E-state index contributed by atoms with van der Waals surface area (Å²) in [5, 5.41) is 13.3. The van der Waals surface area contributed by atoms with Crippen LogP contribution < -0.4 is 5.32 Å². The third kappa shape index (κ3) is 3.76. The summed E-state index contributed by atoms with van der Waals surface area (Å²) in [4.78, 5) is 4.69. The summed E-state index contributed by atoms with van der Waals surface area (Å²) >= 11 is 6.03. The number of nitrogens with one attached hydrogen (secondary N) is 1. The van der Waals surface area contributed by atoms with Crippen LogP contribution in [-0.4, -0.2) is 27.8 Å². The molecule has 0 amide bonds. The van der Waals surface area contributed by atoms with Crippen molar-refractivity contribution in [3.05, 3.63) is 29.0 Å². The highest BCUT2D eigenvalue weighted by Crippen LogP contribution is 2.24. The number of rotatable bonds is 6. The van der Waals surface area contributed by atoms with Gasteiger partial charge in [-0.2, -0.15) is 0 Å². The van der Waals surface area contributed by atoms with E-state index in [1.807, 2.05) is 25.2 Å². The largest absolute Gasteiger partial charge is 0.396 e. The number of hydrogen-bond acceptors (Lipinski definition) is 3. The molecule has 0 fully saturated rings. The molecule has 0 spiro atoms. The first-order valence-electron chi connectivity index (χ1n) is 7.30. The van der Waals surface area contributed by atoms with Crippen LogP contribution in [-0.2, 0) is 7.05 Å². The Morgan fingerprint density at radius 3 is 2.81 bits per heavy atom. The van der Waals surface area contributed by atoms with Gasteiger partial charge < -0.3 is 15.0 Å². The lowest BCUT2D eigenvalue weighted by atomic mass is 9.89. The van der Waals surface area contributed by atoms with Crippen LogP contribution in [0.1, 0.15) is 39.1 Å². The first-order chi connectivity index (χ1) is 9.84. The molecule has 1 heterocycles. The molecule has 2 aromatic rings. The smallest absolute Gasteiger partial charge is 0.126 e. The lowest BCUT2D eigenvalue weighted by Gasteiger charge is -2.26. The first kappa shape index (κ1) is 16.3. The van der Waals surface area contributed by atoms with Gasteiger partial charge in [-0.1, -0.05) is 25.4 Å². The van der Waals surface area contributed by atoms with Crippen molar-refractivity contribution in [2.75, 3.05) is 13.2 Å². The second kappa shape index (κ2) is 6.34. The number of halogens is 1. The van der Waals surface area contributed by atoms with Gasteiger partial charge in [-0.3, -0.25) is 0 Å². The van der Waals surface area contributed by atoms with Crippen LogP contribution in [0.4, 0.5) is 0 Å². The van der Waals surface area contributed by atoms with Crippen LogP contribution in [0, 0.1) is 5.41 Å². The van der Waals surface area contributed by atoms with Crippen molar-refractivity contribution < 1.29 is 5.11 Å². The fraction of sp³-hybridized carbons (Fsp3) is 0.562. The van der Waals surface area contributed by atoms with Crippen molar-refractivity contribution in [1.29, 1.82) is 0 Å². The Morgan fingerprint density at radius 1 is 1.43 bits per heavy atom. The summed E-state index contributed by atoms with van der Waals surface area (Å²) in [6, 6.07) is 5.91. The Kier molecular flexibility index (Phi) is 4.91. The van der Waals surface area contributed by atoms with Crippen molar-refractivity contribution in [3.63, 3.8) is 0 Å². The number of benzene rings is 1. The lowest BCUT2D eigenvalue weighted by Crippen LogP contribution is -2.33. The minimum atomic E-state index is 0.0664. The maximum Gasteiger partial charge on any atom is 0.126 e. The van der Waals surface area contributed by atoms with Gasteiger partial charge >= 0.3 is 0 Å². The van der Waals surface area contributed by atoms with E-state index < -0.39 is 0 Å². The van der Waals surface area contributed by atoms with E-state index in [2.05, 4.69) is 35.6 Å². The molecule has 4 nitrogen and oxygen atoms in total. The molecule has 0 aliphatic carbocycles. The maximum absolute atomic E-state index is 9.09. The number of aliphatic hydroxyl groups is 1. The molecule has 1 unspecified atom stereocenters. The van der Waals surface area contributed by atoms with E-state index in [9.17, 15) is 0 Å². The molecular weight excluding hydrogens is 286 g/mol. The van der Waals surface area contributed by atoms with E-state index in [0.717, 1.165) is 29.8 Å². The minimum Gasteiger partial charge on any atom is -0.396 e. The third-order valence-electron chi connectivity index (χ3n) is 3.94. The number of fused-ring (bicyclic) bond motifs is 1. The van der Waals surface area contributed by atoms with Crippen molar-refractivity contribution in [2.24, 2.45) is 12.5 Å². The quantitative estimate of drug-likeness (QED) is 0.861. The second-order valence-corrected chi connectivity index (χ2v) is 6.84. The lowest BCUT2D eigenvalue weighted by molar-refractivity contribution is 0.203. The zero-order valence-electron chi connectivity index (χ0n) is 13.2. The minimum absolute atomic E-state index is 0.0664. The van der Waals surface area contributed by atoms with E-state index in [1.165, 1.54) is 0 Å². The van der Waals surface area contributed by atoms with E-state index in [4.69, 9.17) is 16.7 Å². The fourth-order valence-corrected chi connectivity index (χ4v) is 2.66. The Morgan fingerprint density at radius 2 is 2.14 bits per heavy atom. The molecule has 0 saturated heterocycles. The molecular formula is C16H24ClN3O. The summed E-state index contributed by atoms with van der Waals surface area (Å²) in [7, 11) is 2.02. The standard InChI is InChI=1S/C16H24ClN3O/c1-11(18-10-16(2,3)7-8-21)15-19-13-9-12(17)5-6-14(13)20(15)4/h5-6,9,11,18,21H,7-8,10H2,1-4H3. The van der Waals surface area contributed by atoms with Gasteiger partial charge in [-0.05, 0) is 37.0 Å². The molecule has 5 heteroatoms. The highest BCUT2D eigenvalue weighted by atomic mass is 35.5. The van der Waals surface area contributed by atoms with Crippen LogP contribution in [0.2, 0.25) is 5.02 Å². The summed E-state index contributed by atoms with van der Waals surface area (Å²) in [5.74, 6) is 0.993. The molecule has 0 aliphatic heterocycles. The topological polar surface area (TPSA) is 50.1 Å². The summed E-state index contributed by atoms with van der Waals surface area (Å²) in [5.41, 5.74) is 2.07. The zero-order chi connectivity index (χ0) is 15.6. The predicted molar refractivity (Wildman–Crippen MR) is 87.6 cm³/mol. The van der Waals surface area contributed by atoms with E-state index >= 15 is 0 Å². The number of aromatic nitrogens is 2. The molecule has 0 bridgehead atoms. The molecule has 2 rings (SSSR count). The number of aryl methyl sites for hydroxylation is 1. The van der Waals surface area contributed by atoms with Gasteiger partial charge in [0.15, 0.2) is 0 Å². The Hall–Kier alpha value is -1.10.